The molecule has 0 saturated heterocycles. The van der Waals surface area contributed by atoms with Crippen molar-refractivity contribution in [2.45, 2.75) is 27.7 Å². The zero-order valence-electron chi connectivity index (χ0n) is 9.96. The van der Waals surface area contributed by atoms with E-state index in [0.29, 0.717) is 5.92 Å². The topological polar surface area (TPSA) is 26.5 Å². The van der Waals surface area contributed by atoms with Crippen LogP contribution in [0.1, 0.15) is 27.7 Å². The summed E-state index contributed by atoms with van der Waals surface area (Å²) < 4.78 is 0. The second-order valence-corrected chi connectivity index (χ2v) is 2.46. The van der Waals surface area contributed by atoms with Crippen LogP contribution in [0.15, 0.2) is 4.99 Å². The second kappa shape index (κ2) is 15.1. The van der Waals surface area contributed by atoms with Gasteiger partial charge in [0.1, 0.15) is 0 Å². The van der Waals surface area contributed by atoms with Crippen LogP contribution in [-0.2, 0) is 32.7 Å². The Morgan fingerprint density at radius 3 is 1.92 bits per heavy atom. The Morgan fingerprint density at radius 1 is 1.23 bits per heavy atom. The number of rotatable bonds is 3. The molecule has 0 aromatic carbocycles. The number of hydrogen-bond acceptors (Lipinski definition) is 1. The average molecular weight is 260 g/mol. The van der Waals surface area contributed by atoms with E-state index in [4.69, 9.17) is 0 Å². The van der Waals surface area contributed by atoms with Gasteiger partial charge in [-0.1, -0.05) is 46.6 Å². The van der Waals surface area contributed by atoms with Gasteiger partial charge >= 0.3 is 0 Å². The van der Waals surface area contributed by atoms with E-state index in [1.165, 1.54) is 0 Å². The first-order valence-corrected chi connectivity index (χ1v) is 3.94. The molecule has 0 aliphatic carbocycles. The molecule has 0 rings (SSSR count). The van der Waals surface area contributed by atoms with Crippen molar-refractivity contribution in [3.05, 3.63) is 20.2 Å². The maximum atomic E-state index is 4.26. The average Bonchev–Trinajstić information content (AvgIpc) is 1.87. The van der Waals surface area contributed by atoms with E-state index in [0.717, 1.165) is 18.9 Å². The Kier molecular flexibility index (Phi) is 27.1. The molecule has 0 bridgehead atoms. The molecule has 3 heteroatoms. The van der Waals surface area contributed by atoms with Crippen molar-refractivity contribution in [1.82, 2.24) is 0 Å². The van der Waals surface area contributed by atoms with E-state index < -0.39 is 0 Å². The number of nitrogens with zero attached hydrogens (tertiary/aromatic N) is 2. The first kappa shape index (κ1) is 23.4. The van der Waals surface area contributed by atoms with Crippen molar-refractivity contribution in [2.75, 3.05) is 13.1 Å². The van der Waals surface area contributed by atoms with Gasteiger partial charge in [-0.3, -0.25) is 0 Å². The Labute approximate surface area is 110 Å². The van der Waals surface area contributed by atoms with Gasteiger partial charge in [-0.25, -0.2) is 0 Å². The minimum Gasteiger partial charge on any atom is -0.469 e. The molecule has 0 unspecified atom stereocenters. The van der Waals surface area contributed by atoms with Gasteiger partial charge in [0.15, 0.2) is 0 Å². The fourth-order valence-electron chi connectivity index (χ4n) is 0.739. The van der Waals surface area contributed by atoms with Gasteiger partial charge in [0.05, 0.1) is 0 Å². The molecule has 13 heavy (non-hydrogen) atoms. The Morgan fingerprint density at radius 2 is 1.69 bits per heavy atom. The van der Waals surface area contributed by atoms with Gasteiger partial charge in [0.2, 0.25) is 0 Å². The van der Waals surface area contributed by atoms with E-state index in [2.05, 4.69) is 24.2 Å². The Hall–Kier alpha value is 0.574. The predicted octanol–water partition coefficient (Wildman–Crippen LogP) is 3.35. The largest absolute Gasteiger partial charge is 0.469 e. The molecular formula is C10H23N2Y-3. The van der Waals surface area contributed by atoms with Crippen LogP contribution >= 0.6 is 0 Å². The van der Waals surface area contributed by atoms with E-state index in [1.807, 2.05) is 13.8 Å². The van der Waals surface area contributed by atoms with Gasteiger partial charge in [0, 0.05) is 32.7 Å². The molecule has 0 spiro atoms. The summed E-state index contributed by atoms with van der Waals surface area (Å²) in [5.41, 5.74) is 0. The molecule has 0 aromatic heterocycles. The maximum Gasteiger partial charge on any atom is 0 e. The predicted molar refractivity (Wildman–Crippen MR) is 59.5 cm³/mol. The van der Waals surface area contributed by atoms with Crippen molar-refractivity contribution in [3.63, 3.8) is 0 Å². The molecule has 0 aliphatic rings. The summed E-state index contributed by atoms with van der Waals surface area (Å²) in [6.07, 6.45) is 0. The fraction of sp³-hybridized carbons (Fsp3) is 0.700. The minimum absolute atomic E-state index is 0. The van der Waals surface area contributed by atoms with Crippen molar-refractivity contribution >= 4 is 5.84 Å². The second-order valence-electron chi connectivity index (χ2n) is 2.46. The molecule has 0 amide bonds. The molecule has 0 atom stereocenters. The van der Waals surface area contributed by atoms with E-state index in [9.17, 15) is 0 Å². The molecule has 0 fully saturated rings. The van der Waals surface area contributed by atoms with Gasteiger partial charge in [-0.05, 0) is 5.92 Å². The monoisotopic (exact) mass is 260 g/mol. The summed E-state index contributed by atoms with van der Waals surface area (Å²) in [4.78, 5) is 4.26. The smallest absolute Gasteiger partial charge is 0 e. The normalized spacial score (nSPS) is 9.46. The van der Waals surface area contributed by atoms with Crippen LogP contribution < -0.4 is 0 Å². The molecular weight excluding hydrogens is 237 g/mol. The molecule has 0 heterocycles. The quantitative estimate of drug-likeness (QED) is 0.422. The van der Waals surface area contributed by atoms with Crippen molar-refractivity contribution < 1.29 is 32.7 Å². The molecule has 0 aromatic rings. The number of hydrogen-bond donors (Lipinski definition) is 0. The van der Waals surface area contributed by atoms with Crippen LogP contribution in [0.5, 0.6) is 0 Å². The molecule has 79 valence electrons. The first-order chi connectivity index (χ1) is 4.72. The van der Waals surface area contributed by atoms with Crippen molar-refractivity contribution in [3.8, 4) is 0 Å². The van der Waals surface area contributed by atoms with Crippen LogP contribution in [0.25, 0.3) is 5.32 Å². The summed E-state index contributed by atoms with van der Waals surface area (Å²) in [5, 5.41) is 4.26. The van der Waals surface area contributed by atoms with Crippen molar-refractivity contribution in [2.24, 2.45) is 10.9 Å². The third-order valence-electron chi connectivity index (χ3n) is 1.16. The Balaban J connectivity index is -0.000000135. The van der Waals surface area contributed by atoms with Crippen molar-refractivity contribution in [1.29, 1.82) is 0 Å². The first-order valence-electron chi connectivity index (χ1n) is 3.94. The van der Waals surface area contributed by atoms with Crippen LogP contribution in [0.2, 0.25) is 0 Å². The van der Waals surface area contributed by atoms with Gasteiger partial charge in [-0.2, -0.15) is 0 Å². The van der Waals surface area contributed by atoms with Crippen LogP contribution in [0, 0.1) is 20.8 Å². The fourth-order valence-corrected chi connectivity index (χ4v) is 0.739. The van der Waals surface area contributed by atoms with E-state index in [1.54, 1.807) is 0 Å². The number of amidine groups is 1. The zero-order valence-corrected chi connectivity index (χ0v) is 12.8. The summed E-state index contributed by atoms with van der Waals surface area (Å²) in [7, 11) is 0. The maximum absolute atomic E-state index is 4.26. The van der Waals surface area contributed by atoms with E-state index >= 15 is 0 Å². The summed E-state index contributed by atoms with van der Waals surface area (Å²) in [5.74, 6) is 1.48. The standard InChI is InChI=1S/C8H17N2.2CH3.Y/c1-5-9-8(7(3)4)10-6-2;;;/h7H,5-6H2,1-4H3;2*1H3;/q3*-1;. The molecule has 2 nitrogen and oxygen atoms in total. The van der Waals surface area contributed by atoms with Gasteiger partial charge in [-0.15, -0.1) is 0 Å². The van der Waals surface area contributed by atoms with Crippen LogP contribution in [0.3, 0.4) is 0 Å². The Bertz CT molecular complexity index is 111. The molecule has 0 aliphatic heterocycles. The third kappa shape index (κ3) is 12.6. The third-order valence-corrected chi connectivity index (χ3v) is 1.16. The van der Waals surface area contributed by atoms with Gasteiger partial charge < -0.3 is 25.2 Å². The summed E-state index contributed by atoms with van der Waals surface area (Å²) >= 11 is 0. The van der Waals surface area contributed by atoms with Gasteiger partial charge in [0.25, 0.3) is 0 Å². The zero-order chi connectivity index (χ0) is 7.98. The molecule has 0 saturated carbocycles. The SMILES string of the molecule is CCN=C([N-]CC)C(C)C.[CH3-].[CH3-].[Y]. The molecule has 1 radical (unpaired) electrons. The summed E-state index contributed by atoms with van der Waals surface area (Å²) in [6, 6.07) is 0. The summed E-state index contributed by atoms with van der Waals surface area (Å²) in [6.45, 7) is 10.00. The molecule has 0 N–H and O–H groups in total. The van der Waals surface area contributed by atoms with E-state index in [-0.39, 0.29) is 47.6 Å². The number of aliphatic imine (C=N–C) groups is 1. The minimum atomic E-state index is 0. The van der Waals surface area contributed by atoms with Crippen LogP contribution in [0.4, 0.5) is 0 Å². The van der Waals surface area contributed by atoms with Crippen LogP contribution in [-0.4, -0.2) is 18.9 Å².